The maximum absolute atomic E-state index is 12.1. The molecule has 0 aromatic heterocycles. The Bertz CT molecular complexity index is 333. The first-order valence-corrected chi connectivity index (χ1v) is 6.76. The molecule has 0 aromatic carbocycles. The molecule has 19 heavy (non-hydrogen) atoms. The Hall–Kier alpha value is -1.30. The molecule has 3 atom stereocenters. The summed E-state index contributed by atoms with van der Waals surface area (Å²) in [7, 11) is 3.89. The molecule has 3 unspecified atom stereocenters. The summed E-state index contributed by atoms with van der Waals surface area (Å²) < 4.78 is 0. The molecule has 1 saturated heterocycles. The smallest absolute Gasteiger partial charge is 0.326 e. The Morgan fingerprint density at radius 3 is 2.63 bits per heavy atom. The second kappa shape index (κ2) is 6.75. The van der Waals surface area contributed by atoms with Gasteiger partial charge < -0.3 is 20.2 Å². The number of carboxylic acid groups (broad SMARTS) is 1. The van der Waals surface area contributed by atoms with Crippen LogP contribution in [-0.4, -0.2) is 66.2 Å². The molecule has 0 radical (unpaired) electrons. The number of hydrogen-bond donors (Lipinski definition) is 2. The Labute approximate surface area is 114 Å². The SMILES string of the molecule is CC1CCN(C(=O)NCC(C)N(C)C)C(C(=O)O)C1. The van der Waals surface area contributed by atoms with E-state index in [1.54, 1.807) is 0 Å². The Morgan fingerprint density at radius 1 is 1.47 bits per heavy atom. The highest BCUT2D eigenvalue weighted by molar-refractivity contribution is 5.82. The van der Waals surface area contributed by atoms with E-state index < -0.39 is 12.0 Å². The lowest BCUT2D eigenvalue weighted by molar-refractivity contribution is -0.143. The maximum atomic E-state index is 12.1. The number of likely N-dealkylation sites (tertiary alicyclic amines) is 1. The number of likely N-dealkylation sites (N-methyl/N-ethyl adjacent to an activating group) is 1. The van der Waals surface area contributed by atoms with Crippen molar-refractivity contribution in [2.45, 2.75) is 38.8 Å². The zero-order valence-corrected chi connectivity index (χ0v) is 12.2. The number of amides is 2. The molecule has 2 amide bonds. The molecule has 1 rings (SSSR count). The van der Waals surface area contributed by atoms with Crippen molar-refractivity contribution in [3.05, 3.63) is 0 Å². The minimum atomic E-state index is -0.914. The minimum Gasteiger partial charge on any atom is -0.480 e. The number of nitrogens with one attached hydrogen (secondary N) is 1. The second-order valence-electron chi connectivity index (χ2n) is 5.68. The lowest BCUT2D eigenvalue weighted by atomic mass is 9.93. The summed E-state index contributed by atoms with van der Waals surface area (Å²) in [6, 6.07) is -0.748. The van der Waals surface area contributed by atoms with Gasteiger partial charge in [-0.2, -0.15) is 0 Å². The maximum Gasteiger partial charge on any atom is 0.326 e. The monoisotopic (exact) mass is 271 g/mol. The quantitative estimate of drug-likeness (QED) is 0.794. The lowest BCUT2D eigenvalue weighted by Gasteiger charge is -2.36. The Kier molecular flexibility index (Phi) is 5.60. The van der Waals surface area contributed by atoms with E-state index in [9.17, 15) is 14.7 Å². The molecule has 0 aromatic rings. The van der Waals surface area contributed by atoms with Gasteiger partial charge in [-0.15, -0.1) is 0 Å². The van der Waals surface area contributed by atoms with Gasteiger partial charge in [0.1, 0.15) is 6.04 Å². The molecule has 1 aliphatic rings. The molecule has 1 fully saturated rings. The van der Waals surface area contributed by atoms with Crippen LogP contribution in [0.15, 0.2) is 0 Å². The average Bonchev–Trinajstić information content (AvgIpc) is 2.35. The normalized spacial score (nSPS) is 25.2. The number of hydrogen-bond acceptors (Lipinski definition) is 3. The predicted molar refractivity (Wildman–Crippen MR) is 73.1 cm³/mol. The number of urea groups is 1. The van der Waals surface area contributed by atoms with Crippen LogP contribution in [0.25, 0.3) is 0 Å². The van der Waals surface area contributed by atoms with Gasteiger partial charge in [-0.3, -0.25) is 0 Å². The van der Waals surface area contributed by atoms with Crippen molar-refractivity contribution >= 4 is 12.0 Å². The van der Waals surface area contributed by atoms with Gasteiger partial charge in [0.15, 0.2) is 0 Å². The number of piperidine rings is 1. The fourth-order valence-electron chi connectivity index (χ4n) is 2.14. The summed E-state index contributed by atoms with van der Waals surface area (Å²) in [5.74, 6) is -0.562. The fraction of sp³-hybridized carbons (Fsp3) is 0.846. The lowest BCUT2D eigenvalue weighted by Crippen LogP contribution is -2.54. The van der Waals surface area contributed by atoms with Crippen molar-refractivity contribution in [2.24, 2.45) is 5.92 Å². The van der Waals surface area contributed by atoms with Gasteiger partial charge in [-0.05, 0) is 39.8 Å². The molecule has 2 N–H and O–H groups in total. The van der Waals surface area contributed by atoms with Crippen LogP contribution in [0.4, 0.5) is 4.79 Å². The molecule has 6 heteroatoms. The summed E-state index contributed by atoms with van der Waals surface area (Å²) in [5, 5.41) is 12.0. The third kappa shape index (κ3) is 4.38. The van der Waals surface area contributed by atoms with E-state index in [1.807, 2.05) is 32.8 Å². The zero-order chi connectivity index (χ0) is 14.6. The third-order valence-corrected chi connectivity index (χ3v) is 3.84. The van der Waals surface area contributed by atoms with Crippen LogP contribution in [0.2, 0.25) is 0 Å². The first-order valence-electron chi connectivity index (χ1n) is 6.76. The summed E-state index contributed by atoms with van der Waals surface area (Å²) in [4.78, 5) is 26.8. The number of carbonyl (C=O) groups is 2. The molecular weight excluding hydrogens is 246 g/mol. The van der Waals surface area contributed by atoms with Crippen LogP contribution in [0, 0.1) is 5.92 Å². The van der Waals surface area contributed by atoms with E-state index in [-0.39, 0.29) is 12.1 Å². The summed E-state index contributed by atoms with van der Waals surface area (Å²) in [5.41, 5.74) is 0. The van der Waals surface area contributed by atoms with Crippen molar-refractivity contribution in [1.82, 2.24) is 15.1 Å². The number of aliphatic carboxylic acids is 1. The molecule has 1 aliphatic heterocycles. The second-order valence-corrected chi connectivity index (χ2v) is 5.68. The van der Waals surface area contributed by atoms with E-state index >= 15 is 0 Å². The van der Waals surface area contributed by atoms with E-state index in [1.165, 1.54) is 4.90 Å². The highest BCUT2D eigenvalue weighted by Gasteiger charge is 2.34. The number of carbonyl (C=O) groups excluding carboxylic acids is 1. The molecular formula is C13H25N3O3. The summed E-state index contributed by atoms with van der Waals surface area (Å²) >= 11 is 0. The van der Waals surface area contributed by atoms with Crippen LogP contribution < -0.4 is 5.32 Å². The topological polar surface area (TPSA) is 72.9 Å². The number of nitrogens with zero attached hydrogens (tertiary/aromatic N) is 2. The van der Waals surface area contributed by atoms with Gasteiger partial charge in [0, 0.05) is 19.1 Å². The first-order chi connectivity index (χ1) is 8.82. The third-order valence-electron chi connectivity index (χ3n) is 3.84. The summed E-state index contributed by atoms with van der Waals surface area (Å²) in [6.45, 7) is 5.07. The Balaban J connectivity index is 2.56. The molecule has 0 spiro atoms. The van der Waals surface area contributed by atoms with Crippen molar-refractivity contribution in [1.29, 1.82) is 0 Å². The van der Waals surface area contributed by atoms with Crippen LogP contribution in [0.1, 0.15) is 26.7 Å². The standard InChI is InChI=1S/C13H25N3O3/c1-9-5-6-16(11(7-9)12(17)18)13(19)14-8-10(2)15(3)4/h9-11H,5-8H2,1-4H3,(H,14,19)(H,17,18). The Morgan fingerprint density at radius 2 is 2.11 bits per heavy atom. The minimum absolute atomic E-state index is 0.218. The summed E-state index contributed by atoms with van der Waals surface area (Å²) in [6.07, 6.45) is 1.40. The molecule has 0 saturated carbocycles. The van der Waals surface area contributed by atoms with E-state index in [2.05, 4.69) is 5.32 Å². The molecule has 110 valence electrons. The van der Waals surface area contributed by atoms with Crippen molar-refractivity contribution in [2.75, 3.05) is 27.2 Å². The van der Waals surface area contributed by atoms with Gasteiger partial charge in [0.05, 0.1) is 0 Å². The van der Waals surface area contributed by atoms with Gasteiger partial charge >= 0.3 is 12.0 Å². The van der Waals surface area contributed by atoms with Gasteiger partial charge in [0.25, 0.3) is 0 Å². The zero-order valence-electron chi connectivity index (χ0n) is 12.2. The first kappa shape index (κ1) is 15.8. The fourth-order valence-corrected chi connectivity index (χ4v) is 2.14. The van der Waals surface area contributed by atoms with Crippen LogP contribution in [-0.2, 0) is 4.79 Å². The van der Waals surface area contributed by atoms with Crippen LogP contribution in [0.3, 0.4) is 0 Å². The van der Waals surface area contributed by atoms with Crippen LogP contribution >= 0.6 is 0 Å². The van der Waals surface area contributed by atoms with E-state index in [0.29, 0.717) is 25.4 Å². The molecule has 1 heterocycles. The van der Waals surface area contributed by atoms with Crippen molar-refractivity contribution in [3.63, 3.8) is 0 Å². The average molecular weight is 271 g/mol. The van der Waals surface area contributed by atoms with Crippen LogP contribution in [0.5, 0.6) is 0 Å². The highest BCUT2D eigenvalue weighted by atomic mass is 16.4. The number of carboxylic acids is 1. The van der Waals surface area contributed by atoms with E-state index in [0.717, 1.165) is 6.42 Å². The van der Waals surface area contributed by atoms with Crippen molar-refractivity contribution < 1.29 is 14.7 Å². The molecule has 0 bridgehead atoms. The predicted octanol–water partition coefficient (Wildman–Crippen LogP) is 0.831. The van der Waals surface area contributed by atoms with Gasteiger partial charge in [-0.25, -0.2) is 9.59 Å². The highest BCUT2D eigenvalue weighted by Crippen LogP contribution is 2.22. The van der Waals surface area contributed by atoms with Crippen molar-refractivity contribution in [3.8, 4) is 0 Å². The largest absolute Gasteiger partial charge is 0.480 e. The van der Waals surface area contributed by atoms with Gasteiger partial charge in [0.2, 0.25) is 0 Å². The number of rotatable bonds is 4. The van der Waals surface area contributed by atoms with E-state index in [4.69, 9.17) is 0 Å². The van der Waals surface area contributed by atoms with Gasteiger partial charge in [-0.1, -0.05) is 6.92 Å². The molecule has 0 aliphatic carbocycles. The molecule has 6 nitrogen and oxygen atoms in total.